The highest BCUT2D eigenvalue weighted by Crippen LogP contribution is 2.13. The minimum atomic E-state index is -0.0291. The molecule has 0 atom stereocenters. The number of carbonyl (C=O) groups is 1. The fourth-order valence-corrected chi connectivity index (χ4v) is 2.72. The van der Waals surface area contributed by atoms with E-state index in [-0.39, 0.29) is 12.5 Å². The number of carbonyl (C=O) groups excluding carboxylic acids is 1. The summed E-state index contributed by atoms with van der Waals surface area (Å²) in [5.74, 6) is 1.51. The van der Waals surface area contributed by atoms with Gasteiger partial charge in [0.2, 0.25) is 5.91 Å². The molecule has 6 nitrogen and oxygen atoms in total. The van der Waals surface area contributed by atoms with Crippen LogP contribution >= 0.6 is 0 Å². The zero-order valence-electron chi connectivity index (χ0n) is 17.6. The highest BCUT2D eigenvalue weighted by atomic mass is 16.5. The number of ether oxygens (including phenoxy) is 1. The first-order valence-electron chi connectivity index (χ1n) is 10.1. The Morgan fingerprint density at radius 1 is 0.966 bits per heavy atom. The summed E-state index contributed by atoms with van der Waals surface area (Å²) >= 11 is 0. The molecule has 0 aliphatic heterocycles. The van der Waals surface area contributed by atoms with Crippen LogP contribution in [-0.4, -0.2) is 57.1 Å². The highest BCUT2D eigenvalue weighted by molar-refractivity contribution is 5.84. The minimum absolute atomic E-state index is 0.0291. The van der Waals surface area contributed by atoms with Crippen LogP contribution in [0.1, 0.15) is 18.1 Å². The van der Waals surface area contributed by atoms with Gasteiger partial charge in [-0.05, 0) is 43.0 Å². The maximum Gasteiger partial charge on any atom is 0.243 e. The summed E-state index contributed by atoms with van der Waals surface area (Å²) in [5.41, 5.74) is 2.45. The molecule has 0 aliphatic carbocycles. The summed E-state index contributed by atoms with van der Waals surface area (Å²) in [6.07, 6.45) is 1.72. The van der Waals surface area contributed by atoms with E-state index in [9.17, 15) is 4.79 Å². The third kappa shape index (κ3) is 8.68. The molecule has 0 radical (unpaired) electrons. The number of nitrogens with one attached hydrogen (secondary N) is 2. The molecule has 156 valence electrons. The maximum absolute atomic E-state index is 11.9. The standard InChI is InChI=1S/C23H32N4O2/c1-4-29-21-12-8-11-20(17-21)14-16-25-23(26-18-22(28)27(2)3)24-15-13-19-9-6-5-7-10-19/h5-12,17H,4,13-16,18H2,1-3H3,(H2,24,25,26). The van der Waals surface area contributed by atoms with Crippen LogP contribution in [0.2, 0.25) is 0 Å². The number of likely N-dealkylation sites (N-methyl/N-ethyl adjacent to an activating group) is 1. The van der Waals surface area contributed by atoms with E-state index in [0.717, 1.165) is 25.1 Å². The number of guanidine groups is 1. The number of nitrogens with zero attached hydrogens (tertiary/aromatic N) is 2. The molecule has 0 bridgehead atoms. The van der Waals surface area contributed by atoms with Gasteiger partial charge < -0.3 is 20.3 Å². The molecule has 0 saturated carbocycles. The fraction of sp³-hybridized carbons (Fsp3) is 0.391. The molecule has 0 heterocycles. The molecule has 2 aromatic carbocycles. The van der Waals surface area contributed by atoms with E-state index in [1.54, 1.807) is 19.0 Å². The Morgan fingerprint density at radius 2 is 1.62 bits per heavy atom. The number of benzene rings is 2. The molecule has 29 heavy (non-hydrogen) atoms. The lowest BCUT2D eigenvalue weighted by molar-refractivity contribution is -0.127. The lowest BCUT2D eigenvalue weighted by Gasteiger charge is -2.14. The highest BCUT2D eigenvalue weighted by Gasteiger charge is 2.05. The van der Waals surface area contributed by atoms with Crippen LogP contribution in [-0.2, 0) is 17.6 Å². The van der Waals surface area contributed by atoms with E-state index < -0.39 is 0 Å². The van der Waals surface area contributed by atoms with E-state index in [1.807, 2.05) is 37.3 Å². The van der Waals surface area contributed by atoms with Gasteiger partial charge in [0.15, 0.2) is 5.96 Å². The molecule has 0 aliphatic rings. The molecule has 1 amide bonds. The van der Waals surface area contributed by atoms with Gasteiger partial charge >= 0.3 is 0 Å². The third-order valence-corrected chi connectivity index (χ3v) is 4.34. The van der Waals surface area contributed by atoms with Crippen molar-refractivity contribution in [2.24, 2.45) is 4.99 Å². The van der Waals surface area contributed by atoms with Gasteiger partial charge in [0.05, 0.1) is 6.61 Å². The summed E-state index contributed by atoms with van der Waals surface area (Å²) in [6, 6.07) is 18.4. The van der Waals surface area contributed by atoms with Crippen molar-refractivity contribution in [3.8, 4) is 5.75 Å². The smallest absolute Gasteiger partial charge is 0.243 e. The van der Waals surface area contributed by atoms with Gasteiger partial charge in [0.1, 0.15) is 12.3 Å². The van der Waals surface area contributed by atoms with E-state index >= 15 is 0 Å². The second-order valence-electron chi connectivity index (χ2n) is 6.87. The molecular formula is C23H32N4O2. The lowest BCUT2D eigenvalue weighted by Crippen LogP contribution is -2.40. The van der Waals surface area contributed by atoms with Crippen molar-refractivity contribution in [2.75, 3.05) is 40.3 Å². The average molecular weight is 397 g/mol. The fourth-order valence-electron chi connectivity index (χ4n) is 2.72. The number of aliphatic imine (C=N–C) groups is 1. The molecule has 2 N–H and O–H groups in total. The molecule has 2 rings (SSSR count). The lowest BCUT2D eigenvalue weighted by atomic mass is 10.1. The van der Waals surface area contributed by atoms with Gasteiger partial charge in [-0.2, -0.15) is 0 Å². The van der Waals surface area contributed by atoms with Crippen LogP contribution < -0.4 is 15.4 Å². The number of hydrogen-bond donors (Lipinski definition) is 2. The van der Waals surface area contributed by atoms with E-state index in [0.29, 0.717) is 19.1 Å². The van der Waals surface area contributed by atoms with Crippen LogP contribution in [0.4, 0.5) is 0 Å². The summed E-state index contributed by atoms with van der Waals surface area (Å²) in [7, 11) is 3.47. The van der Waals surface area contributed by atoms with Crippen molar-refractivity contribution in [3.63, 3.8) is 0 Å². The summed E-state index contributed by atoms with van der Waals surface area (Å²) < 4.78 is 5.56. The van der Waals surface area contributed by atoms with Crippen LogP contribution in [0.3, 0.4) is 0 Å². The predicted molar refractivity (Wildman–Crippen MR) is 118 cm³/mol. The monoisotopic (exact) mass is 396 g/mol. The van der Waals surface area contributed by atoms with Crippen molar-refractivity contribution in [3.05, 3.63) is 65.7 Å². The van der Waals surface area contributed by atoms with E-state index in [2.05, 4.69) is 39.9 Å². The van der Waals surface area contributed by atoms with Crippen molar-refractivity contribution >= 4 is 11.9 Å². The molecule has 6 heteroatoms. The summed E-state index contributed by atoms with van der Waals surface area (Å²) in [6.45, 7) is 4.21. The Kier molecular flexibility index (Phi) is 9.55. The number of amides is 1. The van der Waals surface area contributed by atoms with Crippen LogP contribution in [0, 0.1) is 0 Å². The average Bonchev–Trinajstić information content (AvgIpc) is 2.72. The summed E-state index contributed by atoms with van der Waals surface area (Å²) in [4.78, 5) is 17.9. The molecule has 2 aromatic rings. The third-order valence-electron chi connectivity index (χ3n) is 4.34. The molecule has 0 spiro atoms. The Balaban J connectivity index is 1.89. The van der Waals surface area contributed by atoms with Crippen LogP contribution in [0.25, 0.3) is 0 Å². The van der Waals surface area contributed by atoms with Crippen LogP contribution in [0.5, 0.6) is 5.75 Å². The Labute approximate surface area is 174 Å². The topological polar surface area (TPSA) is 66.0 Å². The van der Waals surface area contributed by atoms with E-state index in [1.165, 1.54) is 11.1 Å². The van der Waals surface area contributed by atoms with Crippen LogP contribution in [0.15, 0.2) is 59.6 Å². The maximum atomic E-state index is 11.9. The molecule has 0 saturated heterocycles. The van der Waals surface area contributed by atoms with E-state index in [4.69, 9.17) is 4.74 Å². The first kappa shape index (κ1) is 22.3. The molecule has 0 fully saturated rings. The normalized spacial score (nSPS) is 11.1. The van der Waals surface area contributed by atoms with Gasteiger partial charge in [-0.1, -0.05) is 42.5 Å². The summed E-state index contributed by atoms with van der Waals surface area (Å²) in [5, 5.41) is 6.65. The second kappa shape index (κ2) is 12.4. The first-order chi connectivity index (χ1) is 14.1. The number of hydrogen-bond acceptors (Lipinski definition) is 3. The molecule has 0 aromatic heterocycles. The van der Waals surface area contributed by atoms with Gasteiger partial charge in [-0.25, -0.2) is 4.99 Å². The molecule has 0 unspecified atom stereocenters. The largest absolute Gasteiger partial charge is 0.494 e. The van der Waals surface area contributed by atoms with Crippen molar-refractivity contribution in [1.29, 1.82) is 0 Å². The predicted octanol–water partition coefficient (Wildman–Crippen LogP) is 2.49. The van der Waals surface area contributed by atoms with Crippen molar-refractivity contribution in [1.82, 2.24) is 15.5 Å². The number of rotatable bonds is 10. The van der Waals surface area contributed by atoms with Crippen molar-refractivity contribution < 1.29 is 9.53 Å². The first-order valence-corrected chi connectivity index (χ1v) is 10.1. The van der Waals surface area contributed by atoms with Crippen molar-refractivity contribution in [2.45, 2.75) is 19.8 Å². The second-order valence-corrected chi connectivity index (χ2v) is 6.87. The quantitative estimate of drug-likeness (QED) is 0.478. The SMILES string of the molecule is CCOc1cccc(CCNC(=NCC(=O)N(C)C)NCCc2ccccc2)c1. The zero-order valence-corrected chi connectivity index (χ0v) is 17.6. The Hall–Kier alpha value is -3.02. The minimum Gasteiger partial charge on any atom is -0.494 e. The van der Waals surface area contributed by atoms with Gasteiger partial charge in [-0.15, -0.1) is 0 Å². The Morgan fingerprint density at radius 3 is 2.28 bits per heavy atom. The van der Waals surface area contributed by atoms with Gasteiger partial charge in [0, 0.05) is 27.2 Å². The Bertz CT molecular complexity index is 775. The molecular weight excluding hydrogens is 364 g/mol. The zero-order chi connectivity index (χ0) is 20.9. The van der Waals surface area contributed by atoms with Gasteiger partial charge in [0.25, 0.3) is 0 Å². The van der Waals surface area contributed by atoms with Gasteiger partial charge in [-0.3, -0.25) is 4.79 Å².